The maximum atomic E-state index is 12.3. The smallest absolute Gasteiger partial charge is 0.223 e. The maximum absolute atomic E-state index is 12.3. The lowest BCUT2D eigenvalue weighted by atomic mass is 9.88. The Hall–Kier alpha value is -0.620. The molecule has 1 spiro atoms. The summed E-state index contributed by atoms with van der Waals surface area (Å²) < 4.78 is 22.9. The molecule has 3 aliphatic rings. The van der Waals surface area contributed by atoms with Crippen LogP contribution in [0.3, 0.4) is 0 Å². The number of carbonyl (C=O) groups excluding carboxylic acids is 1. The van der Waals surface area contributed by atoms with Crippen LogP contribution < -0.4 is 0 Å². The van der Waals surface area contributed by atoms with E-state index in [0.717, 1.165) is 44.7 Å². The molecule has 126 valence electrons. The first-order chi connectivity index (χ1) is 10.4. The number of hydrogen-bond donors (Lipinski definition) is 0. The summed E-state index contributed by atoms with van der Waals surface area (Å²) in [5, 5.41) is 0. The van der Waals surface area contributed by atoms with Gasteiger partial charge in [0, 0.05) is 37.8 Å². The van der Waals surface area contributed by atoms with Crippen molar-refractivity contribution in [2.45, 2.75) is 50.5 Å². The van der Waals surface area contributed by atoms with Gasteiger partial charge in [-0.05, 0) is 51.0 Å². The van der Waals surface area contributed by atoms with Gasteiger partial charge in [0.15, 0.2) is 0 Å². The number of hydrogen-bond acceptors (Lipinski definition) is 4. The molecule has 3 fully saturated rings. The number of amides is 1. The Labute approximate surface area is 134 Å². The molecule has 1 amide bonds. The van der Waals surface area contributed by atoms with E-state index < -0.39 is 9.84 Å². The molecule has 2 aliphatic heterocycles. The van der Waals surface area contributed by atoms with Gasteiger partial charge in [0.05, 0.1) is 5.75 Å². The quantitative estimate of drug-likeness (QED) is 0.763. The highest BCUT2D eigenvalue weighted by Gasteiger charge is 2.45. The number of sulfone groups is 1. The van der Waals surface area contributed by atoms with E-state index in [-0.39, 0.29) is 17.2 Å². The topological polar surface area (TPSA) is 57.7 Å². The summed E-state index contributed by atoms with van der Waals surface area (Å²) in [6.07, 6.45) is 8.67. The first-order valence-electron chi connectivity index (χ1n) is 8.59. The highest BCUT2D eigenvalue weighted by molar-refractivity contribution is 7.90. The molecule has 3 rings (SSSR count). The van der Waals surface area contributed by atoms with Crippen LogP contribution in [0.15, 0.2) is 0 Å². The molecule has 22 heavy (non-hydrogen) atoms. The summed E-state index contributed by atoms with van der Waals surface area (Å²) in [7, 11) is -3.02. The van der Waals surface area contributed by atoms with Crippen molar-refractivity contribution < 1.29 is 13.2 Å². The van der Waals surface area contributed by atoms with E-state index in [1.54, 1.807) is 0 Å². The molecule has 0 radical (unpaired) electrons. The third kappa shape index (κ3) is 3.82. The van der Waals surface area contributed by atoms with Crippen LogP contribution in [0.25, 0.3) is 0 Å². The summed E-state index contributed by atoms with van der Waals surface area (Å²) >= 11 is 0. The molecule has 5 nitrogen and oxygen atoms in total. The molecule has 0 aromatic heterocycles. The Kier molecular flexibility index (Phi) is 4.52. The van der Waals surface area contributed by atoms with Crippen molar-refractivity contribution in [3.63, 3.8) is 0 Å². The van der Waals surface area contributed by atoms with Crippen LogP contribution in [0.4, 0.5) is 0 Å². The minimum absolute atomic E-state index is 0.0694. The van der Waals surface area contributed by atoms with Gasteiger partial charge < -0.3 is 9.80 Å². The van der Waals surface area contributed by atoms with Crippen LogP contribution in [0.5, 0.6) is 0 Å². The fourth-order valence-electron chi connectivity index (χ4n) is 4.10. The molecular formula is C16H28N2O3S. The number of nitrogens with zero attached hydrogens (tertiary/aromatic N) is 2. The van der Waals surface area contributed by atoms with E-state index in [1.165, 1.54) is 25.6 Å². The maximum Gasteiger partial charge on any atom is 0.223 e. The van der Waals surface area contributed by atoms with Gasteiger partial charge in [0.2, 0.25) is 5.91 Å². The van der Waals surface area contributed by atoms with E-state index in [4.69, 9.17) is 0 Å². The van der Waals surface area contributed by atoms with Crippen LogP contribution in [0, 0.1) is 5.92 Å². The van der Waals surface area contributed by atoms with Crippen LogP contribution in [-0.4, -0.2) is 67.9 Å². The SMILES string of the molecule is CS(=O)(=O)CCN1C(=O)CC[C@]12CCCN(CC1CC1)CC2. The Morgan fingerprint density at radius 1 is 1.18 bits per heavy atom. The minimum Gasteiger partial charge on any atom is -0.336 e. The summed E-state index contributed by atoms with van der Waals surface area (Å²) in [4.78, 5) is 16.7. The lowest BCUT2D eigenvalue weighted by Gasteiger charge is -2.38. The van der Waals surface area contributed by atoms with Gasteiger partial charge in [0.1, 0.15) is 9.84 Å². The van der Waals surface area contributed by atoms with E-state index >= 15 is 0 Å². The molecule has 1 saturated carbocycles. The molecule has 0 bridgehead atoms. The highest BCUT2D eigenvalue weighted by Crippen LogP contribution is 2.39. The molecule has 0 N–H and O–H groups in total. The van der Waals surface area contributed by atoms with Crippen molar-refractivity contribution in [3.05, 3.63) is 0 Å². The van der Waals surface area contributed by atoms with Crippen molar-refractivity contribution in [2.24, 2.45) is 5.92 Å². The third-order valence-corrected chi connectivity index (χ3v) is 6.51. The van der Waals surface area contributed by atoms with E-state index in [9.17, 15) is 13.2 Å². The van der Waals surface area contributed by atoms with E-state index in [0.29, 0.717) is 13.0 Å². The molecule has 1 atom stereocenters. The van der Waals surface area contributed by atoms with Gasteiger partial charge in [-0.3, -0.25) is 4.79 Å². The number of rotatable bonds is 5. The summed E-state index contributed by atoms with van der Waals surface area (Å²) in [5.41, 5.74) is -0.0694. The van der Waals surface area contributed by atoms with Crippen molar-refractivity contribution in [1.29, 1.82) is 0 Å². The van der Waals surface area contributed by atoms with Gasteiger partial charge in [-0.25, -0.2) is 8.42 Å². The first-order valence-corrected chi connectivity index (χ1v) is 10.6. The molecule has 6 heteroatoms. The third-order valence-electron chi connectivity index (χ3n) is 5.59. The lowest BCUT2D eigenvalue weighted by molar-refractivity contribution is -0.131. The Morgan fingerprint density at radius 2 is 1.95 bits per heavy atom. The molecule has 0 aromatic rings. The second kappa shape index (κ2) is 6.11. The summed E-state index contributed by atoms with van der Waals surface area (Å²) in [6.45, 7) is 3.78. The second-order valence-electron chi connectivity index (χ2n) is 7.50. The van der Waals surface area contributed by atoms with Gasteiger partial charge in [-0.15, -0.1) is 0 Å². The Bertz CT molecular complexity index is 530. The van der Waals surface area contributed by atoms with E-state index in [1.807, 2.05) is 4.90 Å². The zero-order valence-electron chi connectivity index (χ0n) is 13.6. The zero-order valence-corrected chi connectivity index (χ0v) is 14.4. The first kappa shape index (κ1) is 16.2. The Balaban J connectivity index is 1.65. The molecular weight excluding hydrogens is 300 g/mol. The van der Waals surface area contributed by atoms with Gasteiger partial charge in [0.25, 0.3) is 0 Å². The normalized spacial score (nSPS) is 31.0. The second-order valence-corrected chi connectivity index (χ2v) is 9.76. The predicted molar refractivity (Wildman–Crippen MR) is 86.4 cm³/mol. The zero-order chi connectivity index (χ0) is 15.8. The van der Waals surface area contributed by atoms with Crippen molar-refractivity contribution >= 4 is 15.7 Å². The van der Waals surface area contributed by atoms with Crippen molar-refractivity contribution in [2.75, 3.05) is 38.2 Å². The molecule has 2 heterocycles. The number of carbonyl (C=O) groups is 1. The largest absolute Gasteiger partial charge is 0.336 e. The van der Waals surface area contributed by atoms with Crippen molar-refractivity contribution in [3.8, 4) is 0 Å². The average molecular weight is 328 g/mol. The molecule has 1 aliphatic carbocycles. The number of likely N-dealkylation sites (tertiary alicyclic amines) is 2. The summed E-state index contributed by atoms with van der Waals surface area (Å²) in [6, 6.07) is 0. The average Bonchev–Trinajstić information content (AvgIpc) is 3.21. The van der Waals surface area contributed by atoms with Gasteiger partial charge >= 0.3 is 0 Å². The lowest BCUT2D eigenvalue weighted by Crippen LogP contribution is -2.48. The highest BCUT2D eigenvalue weighted by atomic mass is 32.2. The Morgan fingerprint density at radius 3 is 2.64 bits per heavy atom. The van der Waals surface area contributed by atoms with Crippen LogP contribution >= 0.6 is 0 Å². The van der Waals surface area contributed by atoms with Crippen LogP contribution in [-0.2, 0) is 14.6 Å². The van der Waals surface area contributed by atoms with Crippen molar-refractivity contribution in [1.82, 2.24) is 9.80 Å². The van der Waals surface area contributed by atoms with Gasteiger partial charge in [-0.1, -0.05) is 0 Å². The fraction of sp³-hybridized carbons (Fsp3) is 0.938. The molecule has 0 unspecified atom stereocenters. The summed E-state index contributed by atoms with van der Waals surface area (Å²) in [5.74, 6) is 1.15. The van der Waals surface area contributed by atoms with Crippen LogP contribution in [0.1, 0.15) is 44.9 Å². The van der Waals surface area contributed by atoms with Gasteiger partial charge in [-0.2, -0.15) is 0 Å². The predicted octanol–water partition coefficient (Wildman–Crippen LogP) is 1.29. The fourth-order valence-corrected chi connectivity index (χ4v) is 4.61. The van der Waals surface area contributed by atoms with E-state index in [2.05, 4.69) is 4.90 Å². The minimum atomic E-state index is -3.02. The molecule has 2 saturated heterocycles. The monoisotopic (exact) mass is 328 g/mol. The molecule has 0 aromatic carbocycles. The van der Waals surface area contributed by atoms with Crippen LogP contribution in [0.2, 0.25) is 0 Å². The standard InChI is InChI=1S/C16H28N2O3S/c1-22(20,21)12-11-18-15(19)5-7-16(18)6-2-9-17(10-8-16)13-14-3-4-14/h14H,2-13H2,1H3/t16-/m0/s1.